The molecule has 2 unspecified atom stereocenters. The molecular formula is C16H13FN2O2S. The molecule has 6 heteroatoms. The predicted octanol–water partition coefficient (Wildman–Crippen LogP) is 2.76. The molecule has 0 spiro atoms. The maximum atomic E-state index is 13.3. The molecular weight excluding hydrogens is 303 g/mol. The van der Waals surface area contributed by atoms with Crippen LogP contribution >= 0.6 is 11.3 Å². The van der Waals surface area contributed by atoms with Crippen LogP contribution in [0.25, 0.3) is 10.2 Å². The number of amides is 1. The zero-order valence-corrected chi connectivity index (χ0v) is 12.3. The number of nitrogens with one attached hydrogen (secondary N) is 2. The van der Waals surface area contributed by atoms with Gasteiger partial charge in [-0.25, -0.2) is 4.39 Å². The zero-order valence-electron chi connectivity index (χ0n) is 11.5. The second-order valence-electron chi connectivity index (χ2n) is 5.44. The summed E-state index contributed by atoms with van der Waals surface area (Å²) in [6.45, 7) is 0. The first-order valence-corrected chi connectivity index (χ1v) is 7.77. The Hall–Kier alpha value is -2.18. The van der Waals surface area contributed by atoms with E-state index in [4.69, 9.17) is 0 Å². The molecule has 1 amide bonds. The number of rotatable bonds is 2. The number of carbonyl (C=O) groups is 1. The second-order valence-corrected chi connectivity index (χ2v) is 6.52. The molecule has 0 radical (unpaired) electrons. The Kier molecular flexibility index (Phi) is 3.02. The van der Waals surface area contributed by atoms with E-state index in [2.05, 4.69) is 10.3 Å². The van der Waals surface area contributed by atoms with Gasteiger partial charge in [0.2, 0.25) is 0 Å². The number of aliphatic hydroxyl groups is 1. The Labute approximate surface area is 129 Å². The fourth-order valence-corrected chi connectivity index (χ4v) is 3.85. The quantitative estimate of drug-likeness (QED) is 0.680. The van der Waals surface area contributed by atoms with Crippen LogP contribution in [0.5, 0.6) is 0 Å². The van der Waals surface area contributed by atoms with Gasteiger partial charge in [-0.2, -0.15) is 0 Å². The number of fused-ring (bicyclic) bond motifs is 2. The van der Waals surface area contributed by atoms with Crippen LogP contribution in [-0.4, -0.2) is 22.0 Å². The van der Waals surface area contributed by atoms with Crippen LogP contribution in [0.2, 0.25) is 0 Å². The highest BCUT2D eigenvalue weighted by atomic mass is 32.1. The van der Waals surface area contributed by atoms with Gasteiger partial charge in [-0.05, 0) is 41.8 Å². The predicted molar refractivity (Wildman–Crippen MR) is 82.5 cm³/mol. The van der Waals surface area contributed by atoms with Crippen molar-refractivity contribution in [2.45, 2.75) is 18.6 Å². The van der Waals surface area contributed by atoms with Gasteiger partial charge in [-0.1, -0.05) is 6.07 Å². The number of carbonyl (C=O) groups excluding carboxylic acids is 1. The van der Waals surface area contributed by atoms with Gasteiger partial charge in [0.05, 0.1) is 27.2 Å². The Morgan fingerprint density at radius 1 is 1.36 bits per heavy atom. The highest BCUT2D eigenvalue weighted by Crippen LogP contribution is 2.32. The molecule has 0 saturated heterocycles. The third-order valence-electron chi connectivity index (χ3n) is 4.02. The van der Waals surface area contributed by atoms with Crippen LogP contribution in [0.15, 0.2) is 36.5 Å². The maximum Gasteiger partial charge on any atom is 0.261 e. The highest BCUT2D eigenvalue weighted by Gasteiger charge is 2.32. The van der Waals surface area contributed by atoms with E-state index in [1.54, 1.807) is 12.1 Å². The standard InChI is InChI=1S/C16H13FN2O2S/c17-9-2-1-8-5-12(15(20)10(8)6-9)19-16(21)14-7-11-13(22-14)3-4-18-11/h1-4,6-7,12,15,18,20H,5H2,(H,19,21). The van der Waals surface area contributed by atoms with Crippen LogP contribution in [0.1, 0.15) is 26.9 Å². The average molecular weight is 316 g/mol. The monoisotopic (exact) mass is 316 g/mol. The Balaban J connectivity index is 1.54. The SMILES string of the molecule is O=C(NC1Cc2ccc(F)cc2C1O)c1cc2[nH]ccc2s1. The first-order chi connectivity index (χ1) is 10.6. The lowest BCUT2D eigenvalue weighted by Gasteiger charge is -2.16. The smallest absolute Gasteiger partial charge is 0.261 e. The van der Waals surface area contributed by atoms with Gasteiger partial charge in [0, 0.05) is 6.20 Å². The van der Waals surface area contributed by atoms with Crippen molar-refractivity contribution in [2.75, 3.05) is 0 Å². The molecule has 3 N–H and O–H groups in total. The van der Waals surface area contributed by atoms with Crippen LogP contribution in [0.4, 0.5) is 4.39 Å². The summed E-state index contributed by atoms with van der Waals surface area (Å²) in [4.78, 5) is 16.0. The molecule has 2 heterocycles. The zero-order chi connectivity index (χ0) is 15.3. The van der Waals surface area contributed by atoms with E-state index in [-0.39, 0.29) is 11.7 Å². The van der Waals surface area contributed by atoms with Gasteiger partial charge in [0.15, 0.2) is 0 Å². The largest absolute Gasteiger partial charge is 0.386 e. The third-order valence-corrected chi connectivity index (χ3v) is 5.12. The summed E-state index contributed by atoms with van der Waals surface area (Å²) < 4.78 is 14.3. The van der Waals surface area contributed by atoms with Crippen molar-refractivity contribution in [1.82, 2.24) is 10.3 Å². The minimum absolute atomic E-state index is 0.216. The van der Waals surface area contributed by atoms with Crippen molar-refractivity contribution in [2.24, 2.45) is 0 Å². The van der Waals surface area contributed by atoms with Crippen LogP contribution in [-0.2, 0) is 6.42 Å². The number of aromatic nitrogens is 1. The molecule has 3 aromatic rings. The van der Waals surface area contributed by atoms with E-state index in [1.165, 1.54) is 23.5 Å². The van der Waals surface area contributed by atoms with Crippen molar-refractivity contribution in [3.63, 3.8) is 0 Å². The van der Waals surface area contributed by atoms with E-state index in [0.717, 1.165) is 15.8 Å². The number of thiophene rings is 1. The number of benzene rings is 1. The second kappa shape index (κ2) is 4.93. The molecule has 0 aliphatic heterocycles. The number of aliphatic hydroxyl groups excluding tert-OH is 1. The summed E-state index contributed by atoms with van der Waals surface area (Å²) in [5.74, 6) is -0.593. The highest BCUT2D eigenvalue weighted by molar-refractivity contribution is 7.20. The van der Waals surface area contributed by atoms with Crippen molar-refractivity contribution >= 4 is 27.5 Å². The lowest BCUT2D eigenvalue weighted by atomic mass is 10.1. The molecule has 2 aromatic heterocycles. The Morgan fingerprint density at radius 3 is 3.05 bits per heavy atom. The van der Waals surface area contributed by atoms with E-state index in [9.17, 15) is 14.3 Å². The Bertz CT molecular complexity index is 842. The average Bonchev–Trinajstić information content (AvgIpc) is 3.14. The Morgan fingerprint density at radius 2 is 2.23 bits per heavy atom. The maximum absolute atomic E-state index is 13.3. The minimum Gasteiger partial charge on any atom is -0.386 e. The third kappa shape index (κ3) is 2.12. The number of aromatic amines is 1. The van der Waals surface area contributed by atoms with Gasteiger partial charge < -0.3 is 15.4 Å². The number of hydrogen-bond donors (Lipinski definition) is 3. The van der Waals surface area contributed by atoms with E-state index in [1.807, 2.05) is 12.3 Å². The molecule has 112 valence electrons. The molecule has 22 heavy (non-hydrogen) atoms. The summed E-state index contributed by atoms with van der Waals surface area (Å²) in [6.07, 6.45) is 1.46. The van der Waals surface area contributed by atoms with Gasteiger partial charge >= 0.3 is 0 Å². The topological polar surface area (TPSA) is 65.1 Å². The molecule has 2 atom stereocenters. The van der Waals surface area contributed by atoms with E-state index in [0.29, 0.717) is 16.9 Å². The first kappa shape index (κ1) is 13.5. The normalized spacial score (nSPS) is 20.3. The molecule has 4 rings (SSSR count). The molecule has 0 fully saturated rings. The van der Waals surface area contributed by atoms with Crippen molar-refractivity contribution in [3.8, 4) is 0 Å². The molecule has 4 nitrogen and oxygen atoms in total. The fraction of sp³-hybridized carbons (Fsp3) is 0.188. The van der Waals surface area contributed by atoms with Crippen molar-refractivity contribution in [1.29, 1.82) is 0 Å². The van der Waals surface area contributed by atoms with E-state index >= 15 is 0 Å². The van der Waals surface area contributed by atoms with Gasteiger partial charge in [0.1, 0.15) is 5.82 Å². The molecule has 0 saturated carbocycles. The number of halogens is 1. The molecule has 1 aliphatic rings. The minimum atomic E-state index is -0.875. The van der Waals surface area contributed by atoms with Crippen molar-refractivity contribution < 1.29 is 14.3 Å². The van der Waals surface area contributed by atoms with Gasteiger partial charge in [0.25, 0.3) is 5.91 Å². The summed E-state index contributed by atoms with van der Waals surface area (Å²) in [5, 5.41) is 13.1. The van der Waals surface area contributed by atoms with E-state index < -0.39 is 12.1 Å². The van der Waals surface area contributed by atoms with Crippen molar-refractivity contribution in [3.05, 3.63) is 58.3 Å². The lowest BCUT2D eigenvalue weighted by Crippen LogP contribution is -2.37. The van der Waals surface area contributed by atoms with Crippen LogP contribution in [0.3, 0.4) is 0 Å². The van der Waals surface area contributed by atoms with Crippen LogP contribution < -0.4 is 5.32 Å². The lowest BCUT2D eigenvalue weighted by molar-refractivity contribution is 0.0862. The molecule has 1 aliphatic carbocycles. The summed E-state index contributed by atoms with van der Waals surface area (Å²) >= 11 is 1.40. The number of hydrogen-bond acceptors (Lipinski definition) is 3. The van der Waals surface area contributed by atoms with Gasteiger partial charge in [-0.3, -0.25) is 4.79 Å². The fourth-order valence-electron chi connectivity index (χ4n) is 2.92. The summed E-state index contributed by atoms with van der Waals surface area (Å²) in [6, 6.07) is 7.65. The summed E-state index contributed by atoms with van der Waals surface area (Å²) in [7, 11) is 0. The molecule has 1 aromatic carbocycles. The van der Waals surface area contributed by atoms with Gasteiger partial charge in [-0.15, -0.1) is 11.3 Å². The first-order valence-electron chi connectivity index (χ1n) is 6.96. The van der Waals surface area contributed by atoms with Crippen LogP contribution in [0, 0.1) is 5.82 Å². The molecule has 0 bridgehead atoms. The summed E-state index contributed by atoms with van der Waals surface area (Å²) in [5.41, 5.74) is 2.36. The number of H-pyrrole nitrogens is 1.